The summed E-state index contributed by atoms with van der Waals surface area (Å²) >= 11 is 0. The number of aryl methyl sites for hydroxylation is 1. The molecule has 2 aromatic heterocycles. The zero-order chi connectivity index (χ0) is 21.6. The van der Waals surface area contributed by atoms with Gasteiger partial charge in [-0.1, -0.05) is 13.8 Å². The van der Waals surface area contributed by atoms with Gasteiger partial charge in [0.15, 0.2) is 5.82 Å². The van der Waals surface area contributed by atoms with E-state index in [0.717, 1.165) is 21.1 Å². The van der Waals surface area contributed by atoms with E-state index < -0.39 is 17.6 Å². The second-order valence-electron chi connectivity index (χ2n) is 7.75. The Labute approximate surface area is 174 Å². The van der Waals surface area contributed by atoms with Crippen molar-refractivity contribution in [2.45, 2.75) is 32.7 Å². The summed E-state index contributed by atoms with van der Waals surface area (Å²) in [6.07, 6.45) is 1.96. The number of rotatable bonds is 4. The lowest BCUT2D eigenvalue weighted by atomic mass is 10.0. The van der Waals surface area contributed by atoms with E-state index in [2.05, 4.69) is 31.1 Å². The maximum atomic E-state index is 13.2. The van der Waals surface area contributed by atoms with Crippen LogP contribution in [0.15, 0.2) is 47.4 Å². The normalized spacial score (nSPS) is 12.6. The van der Waals surface area contributed by atoms with Crippen molar-refractivity contribution in [1.82, 2.24) is 18.9 Å². The summed E-state index contributed by atoms with van der Waals surface area (Å²) in [5.74, 6) is 0.0134. The lowest BCUT2D eigenvalue weighted by Gasteiger charge is -2.09. The summed E-state index contributed by atoms with van der Waals surface area (Å²) in [6, 6.07) is 16.6. The Bertz CT molecular complexity index is 1310. The molecule has 0 fully saturated rings. The largest absolute Gasteiger partial charge is 0.358 e. The summed E-state index contributed by atoms with van der Waals surface area (Å²) in [6.45, 7) is 5.65. The van der Waals surface area contributed by atoms with E-state index >= 15 is 0 Å². The van der Waals surface area contributed by atoms with E-state index in [9.17, 15) is 9.59 Å². The number of hydrogen-bond donors (Lipinski definition) is 1. The van der Waals surface area contributed by atoms with E-state index in [1.165, 1.54) is 11.5 Å². The van der Waals surface area contributed by atoms with E-state index in [1.54, 1.807) is 6.07 Å². The molecule has 152 valence electrons. The van der Waals surface area contributed by atoms with Gasteiger partial charge in [0.05, 0.1) is 11.7 Å². The SMILES string of the molecule is CC(N)C(=O)n1nc(-c2[c]c[c]c(C(C)C)c2)n(-c2ccc3c(ccn3C)c2)c1=O. The highest BCUT2D eigenvalue weighted by Crippen LogP contribution is 2.25. The molecule has 0 aliphatic heterocycles. The number of carbonyl (C=O) groups is 1. The predicted octanol–water partition coefficient (Wildman–Crippen LogP) is 2.90. The first-order valence-corrected chi connectivity index (χ1v) is 9.79. The van der Waals surface area contributed by atoms with Gasteiger partial charge in [-0.15, -0.1) is 9.78 Å². The van der Waals surface area contributed by atoms with Crippen molar-refractivity contribution in [3.8, 4) is 17.1 Å². The molecule has 7 nitrogen and oxygen atoms in total. The second-order valence-corrected chi connectivity index (χ2v) is 7.75. The van der Waals surface area contributed by atoms with Crippen LogP contribution in [-0.2, 0) is 7.05 Å². The van der Waals surface area contributed by atoms with Gasteiger partial charge in [-0.25, -0.2) is 9.36 Å². The van der Waals surface area contributed by atoms with Crippen LogP contribution in [-0.4, -0.2) is 30.9 Å². The number of carbonyl (C=O) groups excluding carboxylic acids is 1. The minimum absolute atomic E-state index is 0.243. The first kappa shape index (κ1) is 19.8. The van der Waals surface area contributed by atoms with Crippen LogP contribution in [0.4, 0.5) is 0 Å². The van der Waals surface area contributed by atoms with Crippen LogP contribution in [0.5, 0.6) is 0 Å². The molecular formula is C23H23N5O2. The number of fused-ring (bicyclic) bond motifs is 1. The highest BCUT2D eigenvalue weighted by molar-refractivity contribution is 5.84. The Hall–Kier alpha value is -3.45. The van der Waals surface area contributed by atoms with E-state index in [-0.39, 0.29) is 5.92 Å². The van der Waals surface area contributed by atoms with E-state index in [1.807, 2.05) is 48.1 Å². The number of benzene rings is 2. The van der Waals surface area contributed by atoms with Crippen LogP contribution in [0.2, 0.25) is 0 Å². The lowest BCUT2D eigenvalue weighted by Crippen LogP contribution is -2.39. The van der Waals surface area contributed by atoms with E-state index in [4.69, 9.17) is 5.73 Å². The van der Waals surface area contributed by atoms with Crippen molar-refractivity contribution >= 4 is 16.8 Å². The highest BCUT2D eigenvalue weighted by atomic mass is 16.2. The molecule has 4 rings (SSSR count). The van der Waals surface area contributed by atoms with Gasteiger partial charge >= 0.3 is 5.69 Å². The smallest absolute Gasteiger partial charge is 0.351 e. The first-order chi connectivity index (χ1) is 14.3. The summed E-state index contributed by atoms with van der Waals surface area (Å²) in [5, 5.41) is 5.33. The van der Waals surface area contributed by atoms with Crippen LogP contribution in [0.1, 0.15) is 37.0 Å². The van der Waals surface area contributed by atoms with Crippen molar-refractivity contribution in [2.24, 2.45) is 12.8 Å². The molecule has 0 spiro atoms. The van der Waals surface area contributed by atoms with Gasteiger partial charge in [0.1, 0.15) is 0 Å². The number of hydrogen-bond acceptors (Lipinski definition) is 4. The Morgan fingerprint density at radius 1 is 1.13 bits per heavy atom. The zero-order valence-corrected chi connectivity index (χ0v) is 17.4. The van der Waals surface area contributed by atoms with Gasteiger partial charge in [-0.3, -0.25) is 4.79 Å². The Balaban J connectivity index is 1.99. The van der Waals surface area contributed by atoms with E-state index in [0.29, 0.717) is 17.1 Å². The summed E-state index contributed by atoms with van der Waals surface area (Å²) < 4.78 is 4.28. The van der Waals surface area contributed by atoms with Crippen LogP contribution >= 0.6 is 0 Å². The third-order valence-corrected chi connectivity index (χ3v) is 5.13. The molecule has 0 saturated heterocycles. The topological polar surface area (TPSA) is 87.8 Å². The summed E-state index contributed by atoms with van der Waals surface area (Å²) in [5.41, 5.74) is 8.41. The van der Waals surface area contributed by atoms with Crippen molar-refractivity contribution in [3.05, 3.63) is 70.8 Å². The zero-order valence-electron chi connectivity index (χ0n) is 17.4. The Morgan fingerprint density at radius 2 is 1.90 bits per heavy atom. The molecule has 1 unspecified atom stereocenters. The van der Waals surface area contributed by atoms with Crippen LogP contribution in [0, 0.1) is 12.1 Å². The average molecular weight is 401 g/mol. The minimum atomic E-state index is -0.852. The predicted molar refractivity (Wildman–Crippen MR) is 116 cm³/mol. The van der Waals surface area contributed by atoms with Gasteiger partial charge in [0, 0.05) is 29.7 Å². The summed E-state index contributed by atoms with van der Waals surface area (Å²) in [7, 11) is 1.96. The highest BCUT2D eigenvalue weighted by Gasteiger charge is 2.23. The molecule has 0 amide bonds. The Morgan fingerprint density at radius 3 is 2.60 bits per heavy atom. The van der Waals surface area contributed by atoms with Gasteiger partial charge in [-0.05, 0) is 66.9 Å². The minimum Gasteiger partial charge on any atom is -0.351 e. The van der Waals surface area contributed by atoms with Gasteiger partial charge in [-0.2, -0.15) is 0 Å². The Kier molecular flexibility index (Phi) is 4.91. The van der Waals surface area contributed by atoms with Crippen molar-refractivity contribution in [2.75, 3.05) is 0 Å². The molecule has 7 heteroatoms. The first-order valence-electron chi connectivity index (χ1n) is 9.79. The number of aromatic nitrogens is 4. The number of nitrogens with zero attached hydrogens (tertiary/aromatic N) is 4. The molecule has 30 heavy (non-hydrogen) atoms. The molecule has 0 bridgehead atoms. The quantitative estimate of drug-likeness (QED) is 0.570. The fourth-order valence-corrected chi connectivity index (χ4v) is 3.42. The van der Waals surface area contributed by atoms with Crippen molar-refractivity contribution < 1.29 is 4.79 Å². The molecule has 0 aliphatic carbocycles. The number of nitrogens with two attached hydrogens (primary N) is 1. The molecule has 2 heterocycles. The lowest BCUT2D eigenvalue weighted by molar-refractivity contribution is 0.0865. The molecule has 4 aromatic rings. The monoisotopic (exact) mass is 401 g/mol. The van der Waals surface area contributed by atoms with Gasteiger partial charge in [0.25, 0.3) is 5.91 Å². The maximum Gasteiger partial charge on any atom is 0.358 e. The molecule has 2 radical (unpaired) electrons. The molecule has 2 aromatic carbocycles. The van der Waals surface area contributed by atoms with Crippen LogP contribution < -0.4 is 11.4 Å². The van der Waals surface area contributed by atoms with Crippen LogP contribution in [0.25, 0.3) is 28.0 Å². The standard InChI is InChI=1S/C23H23N5O2/c1-14(2)16-6-5-7-18(12-16)21-25-28(22(29)15(3)24)23(30)27(21)19-8-9-20-17(13-19)10-11-26(20)4/h5,8-15H,24H2,1-4H3. The summed E-state index contributed by atoms with van der Waals surface area (Å²) in [4.78, 5) is 25.8. The second kappa shape index (κ2) is 7.42. The third-order valence-electron chi connectivity index (χ3n) is 5.13. The molecular weight excluding hydrogens is 378 g/mol. The molecule has 1 atom stereocenters. The molecule has 0 aliphatic rings. The fourth-order valence-electron chi connectivity index (χ4n) is 3.42. The van der Waals surface area contributed by atoms with Gasteiger partial charge < -0.3 is 10.3 Å². The maximum absolute atomic E-state index is 13.2. The van der Waals surface area contributed by atoms with Crippen molar-refractivity contribution in [1.29, 1.82) is 0 Å². The molecule has 2 N–H and O–H groups in total. The molecule has 0 saturated carbocycles. The third kappa shape index (κ3) is 3.27. The van der Waals surface area contributed by atoms with Gasteiger partial charge in [0.2, 0.25) is 0 Å². The van der Waals surface area contributed by atoms with Crippen LogP contribution in [0.3, 0.4) is 0 Å². The average Bonchev–Trinajstić information content (AvgIpc) is 3.27. The van der Waals surface area contributed by atoms with Crippen molar-refractivity contribution in [3.63, 3.8) is 0 Å². The fraction of sp³-hybridized carbons (Fsp3) is 0.261.